The lowest BCUT2D eigenvalue weighted by molar-refractivity contribution is -0.150. The summed E-state index contributed by atoms with van der Waals surface area (Å²) in [5.74, 6) is -0.696. The zero-order valence-electron chi connectivity index (χ0n) is 8.15. The highest BCUT2D eigenvalue weighted by molar-refractivity contribution is 6.58. The third-order valence-electron chi connectivity index (χ3n) is 1.55. The Kier molecular flexibility index (Phi) is 4.37. The van der Waals surface area contributed by atoms with Crippen molar-refractivity contribution in [1.29, 1.82) is 0 Å². The van der Waals surface area contributed by atoms with Gasteiger partial charge in [-0.1, -0.05) is 6.58 Å². The van der Waals surface area contributed by atoms with E-state index in [1.54, 1.807) is 0 Å². The van der Waals surface area contributed by atoms with Gasteiger partial charge < -0.3 is 4.74 Å². The van der Waals surface area contributed by atoms with Crippen LogP contribution in [0.15, 0.2) is 12.7 Å². The normalized spacial score (nSPS) is 12.4. The highest BCUT2D eigenvalue weighted by atomic mass is 28.5. The van der Waals surface area contributed by atoms with E-state index < -0.39 is 26.7 Å². The van der Waals surface area contributed by atoms with E-state index in [4.69, 9.17) is 4.74 Å². The van der Waals surface area contributed by atoms with E-state index in [2.05, 4.69) is 6.58 Å². The lowest BCUT2D eigenvalue weighted by Crippen LogP contribution is -2.30. The van der Waals surface area contributed by atoms with Crippen molar-refractivity contribution in [3.05, 3.63) is 12.7 Å². The molecule has 0 aliphatic carbocycles. The Morgan fingerprint density at radius 2 is 2.00 bits per heavy atom. The van der Waals surface area contributed by atoms with Gasteiger partial charge in [0.15, 0.2) is 0 Å². The minimum absolute atomic E-state index is 0.192. The van der Waals surface area contributed by atoms with Crippen molar-refractivity contribution in [2.45, 2.75) is 31.9 Å². The van der Waals surface area contributed by atoms with Gasteiger partial charge in [-0.15, -0.1) is 0 Å². The molecule has 0 aliphatic heterocycles. The van der Waals surface area contributed by atoms with Crippen LogP contribution in [0.5, 0.6) is 0 Å². The van der Waals surface area contributed by atoms with Crippen LogP contribution in [-0.2, 0) is 9.53 Å². The monoisotopic (exact) mass is 226 g/mol. The molecule has 0 bridgehead atoms. The molecule has 0 atom stereocenters. The Balaban J connectivity index is 4.07. The number of carbonyl (C=O) groups is 1. The van der Waals surface area contributed by atoms with Crippen molar-refractivity contribution in [1.82, 2.24) is 0 Å². The van der Waals surface area contributed by atoms with Gasteiger partial charge in [0.1, 0.15) is 5.60 Å². The summed E-state index contributed by atoms with van der Waals surface area (Å²) in [4.78, 5) is 10.7. The minimum Gasteiger partial charge on any atom is -0.457 e. The molecule has 0 radical (unpaired) electrons. The number of ether oxygens (including phenoxy) is 1. The summed E-state index contributed by atoms with van der Waals surface area (Å²) in [5.41, 5.74) is -1.08. The standard InChI is InChI=1S/C8H13F3O2Si/c1-4-7(12)13-8(2,3)5-6-14(9,10)11/h4H,1,5-6H2,2-3H3. The third-order valence-corrected chi connectivity index (χ3v) is 2.37. The van der Waals surface area contributed by atoms with Crippen LogP contribution in [0.4, 0.5) is 12.3 Å². The Labute approximate surface area is 82.3 Å². The van der Waals surface area contributed by atoms with Crippen LogP contribution in [0.1, 0.15) is 20.3 Å². The highest BCUT2D eigenvalue weighted by Crippen LogP contribution is 2.25. The molecule has 0 aliphatic rings. The van der Waals surface area contributed by atoms with Gasteiger partial charge in [0.2, 0.25) is 0 Å². The van der Waals surface area contributed by atoms with Gasteiger partial charge in [-0.25, -0.2) is 17.1 Å². The molecule has 0 saturated carbocycles. The van der Waals surface area contributed by atoms with E-state index in [-0.39, 0.29) is 6.42 Å². The first-order chi connectivity index (χ1) is 6.16. The molecule has 0 amide bonds. The van der Waals surface area contributed by atoms with Gasteiger partial charge in [0.25, 0.3) is 0 Å². The van der Waals surface area contributed by atoms with E-state index in [0.29, 0.717) is 0 Å². The van der Waals surface area contributed by atoms with Crippen LogP contribution in [0.3, 0.4) is 0 Å². The number of hydrogen-bond donors (Lipinski definition) is 0. The average molecular weight is 226 g/mol. The van der Waals surface area contributed by atoms with Crippen LogP contribution in [0.25, 0.3) is 0 Å². The van der Waals surface area contributed by atoms with Crippen molar-refractivity contribution < 1.29 is 21.9 Å². The summed E-state index contributed by atoms with van der Waals surface area (Å²) >= 11 is 0. The lowest BCUT2D eigenvalue weighted by Gasteiger charge is -2.24. The molecule has 0 aromatic heterocycles. The second-order valence-corrected chi connectivity index (χ2v) is 5.23. The molecule has 82 valence electrons. The van der Waals surface area contributed by atoms with E-state index in [9.17, 15) is 17.1 Å². The van der Waals surface area contributed by atoms with Gasteiger partial charge in [0, 0.05) is 12.1 Å². The second-order valence-electron chi connectivity index (χ2n) is 3.50. The predicted molar refractivity (Wildman–Crippen MR) is 48.9 cm³/mol. The molecule has 0 unspecified atom stereocenters. The minimum atomic E-state index is -5.55. The largest absolute Gasteiger partial charge is 0.616 e. The summed E-state index contributed by atoms with van der Waals surface area (Å²) in [7, 11) is -5.55. The van der Waals surface area contributed by atoms with E-state index >= 15 is 0 Å². The summed E-state index contributed by atoms with van der Waals surface area (Å²) in [6, 6.07) is -0.829. The maximum atomic E-state index is 12.0. The molecule has 2 nitrogen and oxygen atoms in total. The molecular formula is C8H13F3O2Si. The molecule has 0 fully saturated rings. The summed E-state index contributed by atoms with van der Waals surface area (Å²) in [6.45, 7) is 6.07. The van der Waals surface area contributed by atoms with Crippen LogP contribution < -0.4 is 0 Å². The highest BCUT2D eigenvalue weighted by Gasteiger charge is 2.39. The maximum Gasteiger partial charge on any atom is 0.616 e. The van der Waals surface area contributed by atoms with Gasteiger partial charge in [-0.05, 0) is 20.3 Å². The number of carbonyl (C=O) groups excluding carboxylic acids is 1. The van der Waals surface area contributed by atoms with Crippen molar-refractivity contribution in [3.8, 4) is 0 Å². The van der Waals surface area contributed by atoms with E-state index in [1.165, 1.54) is 13.8 Å². The lowest BCUT2D eigenvalue weighted by atomic mass is 10.1. The molecule has 0 aromatic carbocycles. The Morgan fingerprint density at radius 1 is 1.50 bits per heavy atom. The number of rotatable bonds is 5. The number of halogens is 3. The SMILES string of the molecule is C=CC(=O)OC(C)(C)CC[Si](F)(F)F. The maximum absolute atomic E-state index is 12.0. The Bertz CT molecular complexity index is 223. The molecule has 6 heteroatoms. The topological polar surface area (TPSA) is 26.3 Å². The smallest absolute Gasteiger partial charge is 0.457 e. The van der Waals surface area contributed by atoms with E-state index in [1.807, 2.05) is 0 Å². The van der Waals surface area contributed by atoms with Gasteiger partial charge >= 0.3 is 15.0 Å². The van der Waals surface area contributed by atoms with Crippen LogP contribution >= 0.6 is 0 Å². The van der Waals surface area contributed by atoms with Crippen molar-refractivity contribution >= 4 is 15.0 Å². The molecule has 0 saturated heterocycles. The summed E-state index contributed by atoms with van der Waals surface area (Å²) < 4.78 is 40.7. The van der Waals surface area contributed by atoms with Gasteiger partial charge in [-0.3, -0.25) is 0 Å². The fraction of sp³-hybridized carbons (Fsp3) is 0.625. The molecule has 14 heavy (non-hydrogen) atoms. The van der Waals surface area contributed by atoms with Crippen LogP contribution in [0.2, 0.25) is 6.04 Å². The third kappa shape index (κ3) is 6.70. The first-order valence-corrected chi connectivity index (χ1v) is 5.92. The molecule has 0 aromatic rings. The zero-order valence-corrected chi connectivity index (χ0v) is 9.15. The van der Waals surface area contributed by atoms with Crippen molar-refractivity contribution in [2.75, 3.05) is 0 Å². The van der Waals surface area contributed by atoms with Crippen molar-refractivity contribution in [3.63, 3.8) is 0 Å². The molecule has 0 heterocycles. The number of hydrogen-bond acceptors (Lipinski definition) is 2. The summed E-state index contributed by atoms with van der Waals surface area (Å²) in [5, 5.41) is 0. The van der Waals surface area contributed by atoms with E-state index in [0.717, 1.165) is 6.08 Å². The Hall–Kier alpha value is -0.783. The first-order valence-electron chi connectivity index (χ1n) is 4.08. The molecule has 0 spiro atoms. The molecule has 0 N–H and O–H groups in total. The zero-order chi connectivity index (χ0) is 11.4. The van der Waals surface area contributed by atoms with Gasteiger partial charge in [0.05, 0.1) is 0 Å². The average Bonchev–Trinajstić information content (AvgIpc) is 1.99. The molecular weight excluding hydrogens is 213 g/mol. The Morgan fingerprint density at radius 3 is 2.36 bits per heavy atom. The quantitative estimate of drug-likeness (QED) is 0.312. The molecule has 0 rings (SSSR count). The summed E-state index contributed by atoms with van der Waals surface area (Å²) in [6.07, 6.45) is 0.745. The fourth-order valence-corrected chi connectivity index (χ4v) is 1.69. The number of esters is 1. The second kappa shape index (κ2) is 4.63. The van der Waals surface area contributed by atoms with Gasteiger partial charge in [-0.2, -0.15) is 0 Å². The predicted octanol–water partition coefficient (Wildman–Crippen LogP) is 2.73. The first kappa shape index (κ1) is 13.2. The van der Waals surface area contributed by atoms with Crippen molar-refractivity contribution in [2.24, 2.45) is 0 Å². The fourth-order valence-electron chi connectivity index (χ4n) is 0.808. The van der Waals surface area contributed by atoms with Crippen LogP contribution in [-0.4, -0.2) is 20.6 Å². The van der Waals surface area contributed by atoms with Crippen LogP contribution in [0, 0.1) is 0 Å².